The first kappa shape index (κ1) is 16.7. The van der Waals surface area contributed by atoms with Gasteiger partial charge in [-0.3, -0.25) is 0 Å². The lowest BCUT2D eigenvalue weighted by molar-refractivity contribution is 0.581. The summed E-state index contributed by atoms with van der Waals surface area (Å²) in [4.78, 5) is 4.98. The van der Waals surface area contributed by atoms with Crippen LogP contribution in [0.2, 0.25) is 5.02 Å². The lowest BCUT2D eigenvalue weighted by Crippen LogP contribution is -2.23. The first-order valence-corrected chi connectivity index (χ1v) is 9.57. The first-order valence-electron chi connectivity index (χ1n) is 6.04. The van der Waals surface area contributed by atoms with Crippen molar-refractivity contribution in [3.8, 4) is 0 Å². The second-order valence-electron chi connectivity index (χ2n) is 4.09. The number of thiophene rings is 1. The van der Waals surface area contributed by atoms with Gasteiger partial charge in [-0.1, -0.05) is 11.6 Å². The number of halogens is 2. The van der Waals surface area contributed by atoms with E-state index in [-0.39, 0.29) is 16.5 Å². The smallest absolute Gasteiger partial charge is 0.242 e. The van der Waals surface area contributed by atoms with Crippen molar-refractivity contribution < 1.29 is 8.42 Å². The van der Waals surface area contributed by atoms with Gasteiger partial charge in [0.2, 0.25) is 10.0 Å². The molecule has 2 rings (SSSR count). The van der Waals surface area contributed by atoms with Crippen molar-refractivity contribution in [3.63, 3.8) is 0 Å². The summed E-state index contributed by atoms with van der Waals surface area (Å²) >= 11 is 10.8. The quantitative estimate of drug-likeness (QED) is 0.765. The molecule has 0 bridgehead atoms. The van der Waals surface area contributed by atoms with Crippen LogP contribution in [0.15, 0.2) is 33.1 Å². The van der Waals surface area contributed by atoms with Crippen LogP contribution in [0.5, 0.6) is 0 Å². The second-order valence-corrected chi connectivity index (χ2v) is 8.17. The van der Waals surface area contributed by atoms with Crippen molar-refractivity contribution >= 4 is 54.7 Å². The number of nitrogens with zero attached hydrogens (tertiary/aromatic N) is 1. The molecule has 114 valence electrons. The van der Waals surface area contributed by atoms with Gasteiger partial charge in [-0.05, 0) is 35.0 Å². The number of pyridine rings is 1. The third-order valence-corrected chi connectivity index (χ3v) is 5.88. The fourth-order valence-corrected chi connectivity index (χ4v) is 4.32. The van der Waals surface area contributed by atoms with Gasteiger partial charge in [0, 0.05) is 34.0 Å². The van der Waals surface area contributed by atoms with Crippen molar-refractivity contribution in [2.75, 3.05) is 11.9 Å². The van der Waals surface area contributed by atoms with E-state index in [1.54, 1.807) is 0 Å². The summed E-state index contributed by atoms with van der Waals surface area (Å²) in [6.07, 6.45) is 1.29. The Kier molecular flexibility index (Phi) is 5.61. The molecular formula is C12H13BrClN3O2S2. The summed E-state index contributed by atoms with van der Waals surface area (Å²) in [5.41, 5.74) is 0. The average Bonchev–Trinajstić information content (AvgIpc) is 2.85. The fourth-order valence-electron chi connectivity index (χ4n) is 1.56. The number of aromatic nitrogens is 1. The zero-order valence-corrected chi connectivity index (χ0v) is 15.0. The normalized spacial score (nSPS) is 11.6. The second kappa shape index (κ2) is 7.06. The van der Waals surface area contributed by atoms with Crippen molar-refractivity contribution in [1.29, 1.82) is 0 Å². The highest BCUT2D eigenvalue weighted by atomic mass is 79.9. The highest BCUT2D eigenvalue weighted by Crippen LogP contribution is 2.23. The van der Waals surface area contributed by atoms with Crippen LogP contribution in [0.4, 0.5) is 5.82 Å². The average molecular weight is 411 g/mol. The van der Waals surface area contributed by atoms with Crippen LogP contribution in [0.3, 0.4) is 0 Å². The molecule has 0 spiro atoms. The molecule has 5 nitrogen and oxygen atoms in total. The Labute approximate surface area is 140 Å². The molecule has 0 atom stereocenters. The molecule has 2 aromatic heterocycles. The molecule has 2 N–H and O–H groups in total. The van der Waals surface area contributed by atoms with E-state index < -0.39 is 10.0 Å². The minimum atomic E-state index is -3.64. The zero-order chi connectivity index (χ0) is 15.5. The van der Waals surface area contributed by atoms with Gasteiger partial charge < -0.3 is 5.32 Å². The molecule has 0 amide bonds. The molecule has 0 saturated heterocycles. The third kappa shape index (κ3) is 4.40. The molecule has 0 aliphatic heterocycles. The van der Waals surface area contributed by atoms with Gasteiger partial charge in [0.1, 0.15) is 10.7 Å². The van der Waals surface area contributed by atoms with E-state index in [0.29, 0.717) is 12.4 Å². The Morgan fingerprint density at radius 1 is 1.43 bits per heavy atom. The molecule has 0 aliphatic rings. The van der Waals surface area contributed by atoms with E-state index in [4.69, 9.17) is 11.6 Å². The summed E-state index contributed by atoms with van der Waals surface area (Å²) in [7, 11) is -3.64. The van der Waals surface area contributed by atoms with Crippen LogP contribution >= 0.6 is 38.9 Å². The molecule has 0 aromatic carbocycles. The van der Waals surface area contributed by atoms with Crippen LogP contribution in [0.25, 0.3) is 0 Å². The molecule has 9 heteroatoms. The van der Waals surface area contributed by atoms with Crippen molar-refractivity contribution in [1.82, 2.24) is 9.71 Å². The highest BCUT2D eigenvalue weighted by Gasteiger charge is 2.16. The number of anilines is 1. The van der Waals surface area contributed by atoms with Crippen LogP contribution in [-0.4, -0.2) is 19.9 Å². The molecule has 0 saturated carbocycles. The molecular weight excluding hydrogens is 398 g/mol. The molecule has 21 heavy (non-hydrogen) atoms. The molecule has 0 radical (unpaired) electrons. The fraction of sp³-hybridized carbons (Fsp3) is 0.250. The van der Waals surface area contributed by atoms with Crippen molar-refractivity contribution in [2.45, 2.75) is 18.4 Å². The summed E-state index contributed by atoms with van der Waals surface area (Å²) in [5, 5.41) is 5.13. The van der Waals surface area contributed by atoms with Crippen molar-refractivity contribution in [3.05, 3.63) is 38.1 Å². The van der Waals surface area contributed by atoms with Gasteiger partial charge in [-0.25, -0.2) is 18.1 Å². The highest BCUT2D eigenvalue weighted by molar-refractivity contribution is 9.10. The summed E-state index contributed by atoms with van der Waals surface area (Å²) in [6.45, 7) is 2.79. The van der Waals surface area contributed by atoms with E-state index in [1.165, 1.54) is 23.6 Å². The Morgan fingerprint density at radius 2 is 2.19 bits per heavy atom. The number of rotatable bonds is 6. The Hall–Kier alpha value is -0.670. The summed E-state index contributed by atoms with van der Waals surface area (Å²) in [5.74, 6) is 0.473. The van der Waals surface area contributed by atoms with Crippen LogP contribution in [0, 0.1) is 0 Å². The van der Waals surface area contributed by atoms with Crippen LogP contribution in [0.1, 0.15) is 11.8 Å². The topological polar surface area (TPSA) is 71.1 Å². The van der Waals surface area contributed by atoms with Gasteiger partial charge in [0.25, 0.3) is 0 Å². The summed E-state index contributed by atoms with van der Waals surface area (Å²) < 4.78 is 27.9. The molecule has 0 unspecified atom stereocenters. The number of sulfonamides is 1. The maximum Gasteiger partial charge on any atom is 0.242 e. The van der Waals surface area contributed by atoms with E-state index in [9.17, 15) is 8.42 Å². The van der Waals surface area contributed by atoms with E-state index in [1.807, 2.05) is 18.4 Å². The van der Waals surface area contributed by atoms with E-state index in [2.05, 4.69) is 31.0 Å². The third-order valence-electron chi connectivity index (χ3n) is 2.53. The minimum Gasteiger partial charge on any atom is -0.369 e. The number of hydrogen-bond acceptors (Lipinski definition) is 5. The zero-order valence-electron chi connectivity index (χ0n) is 11.1. The van der Waals surface area contributed by atoms with E-state index in [0.717, 1.165) is 9.35 Å². The van der Waals surface area contributed by atoms with Gasteiger partial charge in [-0.15, -0.1) is 11.3 Å². The molecule has 0 aliphatic carbocycles. The largest absolute Gasteiger partial charge is 0.369 e. The number of nitrogens with one attached hydrogen (secondary N) is 2. The van der Waals surface area contributed by atoms with Gasteiger partial charge in [-0.2, -0.15) is 0 Å². The van der Waals surface area contributed by atoms with Gasteiger partial charge >= 0.3 is 0 Å². The minimum absolute atomic E-state index is 0.0461. The summed E-state index contributed by atoms with van der Waals surface area (Å²) in [6, 6.07) is 3.26. The van der Waals surface area contributed by atoms with Crippen LogP contribution in [-0.2, 0) is 16.6 Å². The standard InChI is InChI=1S/C12H13BrClN3O2S2/c1-2-15-12-11(14)4-10(6-16-12)21(18,19)17-5-9-3-8(13)7-20-9/h3-4,6-7,17H,2,5H2,1H3,(H,15,16). The van der Waals surface area contributed by atoms with Crippen molar-refractivity contribution in [2.24, 2.45) is 0 Å². The molecule has 2 heterocycles. The molecule has 0 fully saturated rings. The maximum absolute atomic E-state index is 12.2. The maximum atomic E-state index is 12.2. The van der Waals surface area contributed by atoms with E-state index >= 15 is 0 Å². The predicted molar refractivity (Wildman–Crippen MR) is 89.5 cm³/mol. The molecule has 2 aromatic rings. The Bertz CT molecular complexity index is 734. The lowest BCUT2D eigenvalue weighted by atomic mass is 10.4. The Morgan fingerprint density at radius 3 is 2.76 bits per heavy atom. The van der Waals surface area contributed by atoms with Gasteiger partial charge in [0.05, 0.1) is 5.02 Å². The number of hydrogen-bond donors (Lipinski definition) is 2. The van der Waals surface area contributed by atoms with Gasteiger partial charge in [0.15, 0.2) is 0 Å². The van der Waals surface area contributed by atoms with Crippen LogP contribution < -0.4 is 10.0 Å². The monoisotopic (exact) mass is 409 g/mol. The SMILES string of the molecule is CCNc1ncc(S(=O)(=O)NCc2cc(Br)cs2)cc1Cl. The predicted octanol–water partition coefficient (Wildman–Crippen LogP) is 3.47. The Balaban J connectivity index is 2.13. The lowest BCUT2D eigenvalue weighted by Gasteiger charge is -2.08. The first-order chi connectivity index (χ1) is 9.92.